The summed E-state index contributed by atoms with van der Waals surface area (Å²) in [6.07, 6.45) is 0. The molecule has 0 radical (unpaired) electrons. The molecule has 6 nitrogen and oxygen atoms in total. The SMILES string of the molecule is CCOc1cc(C#N)c(NC(=O)COc2ccc(Cl)cc2Cl)cc1OCC. The van der Waals surface area contributed by atoms with Gasteiger partial charge in [0, 0.05) is 17.2 Å². The molecule has 0 aliphatic heterocycles. The van der Waals surface area contributed by atoms with E-state index in [9.17, 15) is 10.1 Å². The number of hydrogen-bond acceptors (Lipinski definition) is 5. The van der Waals surface area contributed by atoms with Crippen molar-refractivity contribution in [2.75, 3.05) is 25.1 Å². The Morgan fingerprint density at radius 2 is 1.70 bits per heavy atom. The molecule has 2 rings (SSSR count). The van der Waals surface area contributed by atoms with Gasteiger partial charge in [-0.25, -0.2) is 0 Å². The van der Waals surface area contributed by atoms with Crippen molar-refractivity contribution in [2.45, 2.75) is 13.8 Å². The third-order valence-electron chi connectivity index (χ3n) is 3.33. The molecular weight excluding hydrogens is 391 g/mol. The third kappa shape index (κ3) is 5.68. The van der Waals surface area contributed by atoms with E-state index in [1.807, 2.05) is 19.9 Å². The third-order valence-corrected chi connectivity index (χ3v) is 3.86. The van der Waals surface area contributed by atoms with Gasteiger partial charge in [0.1, 0.15) is 11.8 Å². The Balaban J connectivity index is 2.13. The second-order valence-electron chi connectivity index (χ2n) is 5.23. The van der Waals surface area contributed by atoms with Crippen molar-refractivity contribution < 1.29 is 19.0 Å². The van der Waals surface area contributed by atoms with E-state index in [1.165, 1.54) is 12.1 Å². The topological polar surface area (TPSA) is 80.6 Å². The van der Waals surface area contributed by atoms with Crippen molar-refractivity contribution >= 4 is 34.8 Å². The van der Waals surface area contributed by atoms with Crippen LogP contribution in [0.3, 0.4) is 0 Å². The highest BCUT2D eigenvalue weighted by atomic mass is 35.5. The Bertz CT molecular complexity index is 866. The summed E-state index contributed by atoms with van der Waals surface area (Å²) >= 11 is 11.8. The molecule has 0 aliphatic rings. The van der Waals surface area contributed by atoms with Crippen molar-refractivity contribution in [2.24, 2.45) is 0 Å². The van der Waals surface area contributed by atoms with Gasteiger partial charge in [-0.2, -0.15) is 5.26 Å². The average Bonchev–Trinajstić information content (AvgIpc) is 2.63. The van der Waals surface area contributed by atoms with Gasteiger partial charge in [-0.3, -0.25) is 4.79 Å². The van der Waals surface area contributed by atoms with Crippen LogP contribution in [0.15, 0.2) is 30.3 Å². The Hall–Kier alpha value is -2.62. The lowest BCUT2D eigenvalue weighted by Crippen LogP contribution is -2.21. The van der Waals surface area contributed by atoms with Gasteiger partial charge in [0.2, 0.25) is 0 Å². The van der Waals surface area contributed by atoms with E-state index in [0.29, 0.717) is 46.2 Å². The summed E-state index contributed by atoms with van der Waals surface area (Å²) in [4.78, 5) is 12.2. The maximum atomic E-state index is 12.2. The molecule has 0 aromatic heterocycles. The maximum Gasteiger partial charge on any atom is 0.262 e. The minimum absolute atomic E-state index is 0.250. The first-order chi connectivity index (χ1) is 13.0. The highest BCUT2D eigenvalue weighted by Gasteiger charge is 2.15. The van der Waals surface area contributed by atoms with Crippen LogP contribution in [0.2, 0.25) is 10.0 Å². The van der Waals surface area contributed by atoms with E-state index >= 15 is 0 Å². The molecular formula is C19H18Cl2N2O4. The Morgan fingerprint density at radius 1 is 1.04 bits per heavy atom. The van der Waals surface area contributed by atoms with Crippen LogP contribution in [0.5, 0.6) is 17.2 Å². The largest absolute Gasteiger partial charge is 0.490 e. The second-order valence-corrected chi connectivity index (χ2v) is 6.08. The van der Waals surface area contributed by atoms with Crippen LogP contribution >= 0.6 is 23.2 Å². The fourth-order valence-electron chi connectivity index (χ4n) is 2.21. The fourth-order valence-corrected chi connectivity index (χ4v) is 2.68. The van der Waals surface area contributed by atoms with E-state index in [1.54, 1.807) is 18.2 Å². The van der Waals surface area contributed by atoms with Crippen molar-refractivity contribution in [3.63, 3.8) is 0 Å². The Kier molecular flexibility index (Phi) is 7.59. The van der Waals surface area contributed by atoms with Gasteiger partial charge in [-0.15, -0.1) is 0 Å². The molecule has 0 fully saturated rings. The van der Waals surface area contributed by atoms with Gasteiger partial charge in [-0.05, 0) is 32.0 Å². The van der Waals surface area contributed by atoms with Crippen molar-refractivity contribution in [3.05, 3.63) is 45.9 Å². The number of anilines is 1. The zero-order valence-electron chi connectivity index (χ0n) is 14.8. The van der Waals surface area contributed by atoms with E-state index < -0.39 is 5.91 Å². The first-order valence-electron chi connectivity index (χ1n) is 8.19. The molecule has 2 aromatic carbocycles. The fraction of sp³-hybridized carbons (Fsp3) is 0.263. The predicted molar refractivity (Wildman–Crippen MR) is 104 cm³/mol. The summed E-state index contributed by atoms with van der Waals surface area (Å²) in [6.45, 7) is 4.21. The summed E-state index contributed by atoms with van der Waals surface area (Å²) in [6, 6.07) is 9.81. The van der Waals surface area contributed by atoms with Gasteiger partial charge >= 0.3 is 0 Å². The van der Waals surface area contributed by atoms with Crippen molar-refractivity contribution in [3.8, 4) is 23.3 Å². The highest BCUT2D eigenvalue weighted by molar-refractivity contribution is 6.35. The number of hydrogen-bond donors (Lipinski definition) is 1. The zero-order chi connectivity index (χ0) is 19.8. The van der Waals surface area contributed by atoms with Crippen LogP contribution in [0, 0.1) is 11.3 Å². The molecule has 1 amide bonds. The minimum Gasteiger partial charge on any atom is -0.490 e. The normalized spacial score (nSPS) is 10.0. The number of rotatable bonds is 8. The molecule has 2 aromatic rings. The molecule has 0 atom stereocenters. The van der Waals surface area contributed by atoms with Crippen LogP contribution in [0.4, 0.5) is 5.69 Å². The molecule has 0 aliphatic carbocycles. The maximum absolute atomic E-state index is 12.2. The van der Waals surface area contributed by atoms with Crippen LogP contribution in [-0.4, -0.2) is 25.7 Å². The summed E-state index contributed by atoms with van der Waals surface area (Å²) in [5.74, 6) is 0.760. The first-order valence-corrected chi connectivity index (χ1v) is 8.95. The number of nitrogens with one attached hydrogen (secondary N) is 1. The van der Waals surface area contributed by atoms with Crippen LogP contribution in [-0.2, 0) is 4.79 Å². The number of amides is 1. The van der Waals surface area contributed by atoms with Gasteiger partial charge in [0.05, 0.1) is 29.5 Å². The van der Waals surface area contributed by atoms with Crippen molar-refractivity contribution in [1.82, 2.24) is 0 Å². The lowest BCUT2D eigenvalue weighted by atomic mass is 10.1. The lowest BCUT2D eigenvalue weighted by molar-refractivity contribution is -0.118. The summed E-state index contributed by atoms with van der Waals surface area (Å²) in [7, 11) is 0. The number of benzene rings is 2. The Labute approximate surface area is 167 Å². The molecule has 0 spiro atoms. The quantitative estimate of drug-likeness (QED) is 0.685. The summed E-state index contributed by atoms with van der Waals surface area (Å²) in [5, 5.41) is 12.8. The van der Waals surface area contributed by atoms with Crippen LogP contribution in [0.25, 0.3) is 0 Å². The molecule has 1 N–H and O–H groups in total. The highest BCUT2D eigenvalue weighted by Crippen LogP contribution is 2.34. The summed E-state index contributed by atoms with van der Waals surface area (Å²) < 4.78 is 16.4. The first kappa shape index (κ1) is 20.7. The molecule has 0 saturated heterocycles. The standard InChI is InChI=1S/C19H18Cl2N2O4/c1-3-25-17-7-12(10-22)15(9-18(17)26-4-2)23-19(24)11-27-16-6-5-13(20)8-14(16)21/h5-9H,3-4,11H2,1-2H3,(H,23,24). The number of carbonyl (C=O) groups excluding carboxylic acids is 1. The van der Waals surface area contributed by atoms with E-state index in [4.69, 9.17) is 37.4 Å². The monoisotopic (exact) mass is 408 g/mol. The number of nitriles is 1. The van der Waals surface area contributed by atoms with Crippen LogP contribution in [0.1, 0.15) is 19.4 Å². The van der Waals surface area contributed by atoms with Crippen LogP contribution < -0.4 is 19.5 Å². The number of carbonyl (C=O) groups is 1. The molecule has 27 heavy (non-hydrogen) atoms. The van der Waals surface area contributed by atoms with E-state index in [0.717, 1.165) is 0 Å². The number of halogens is 2. The molecule has 0 heterocycles. The number of nitrogens with zero attached hydrogens (tertiary/aromatic N) is 1. The van der Waals surface area contributed by atoms with Crippen molar-refractivity contribution in [1.29, 1.82) is 5.26 Å². The minimum atomic E-state index is -0.455. The van der Waals surface area contributed by atoms with Gasteiger partial charge in [0.15, 0.2) is 18.1 Å². The Morgan fingerprint density at radius 3 is 2.30 bits per heavy atom. The smallest absolute Gasteiger partial charge is 0.262 e. The average molecular weight is 409 g/mol. The molecule has 0 saturated carbocycles. The second kappa shape index (κ2) is 9.91. The zero-order valence-corrected chi connectivity index (χ0v) is 16.4. The lowest BCUT2D eigenvalue weighted by Gasteiger charge is -2.15. The molecule has 0 unspecified atom stereocenters. The molecule has 0 bridgehead atoms. The van der Waals surface area contributed by atoms with E-state index in [-0.39, 0.29) is 12.2 Å². The molecule has 8 heteroatoms. The van der Waals surface area contributed by atoms with Gasteiger partial charge in [0.25, 0.3) is 5.91 Å². The van der Waals surface area contributed by atoms with E-state index in [2.05, 4.69) is 5.32 Å². The predicted octanol–water partition coefficient (Wildman–Crippen LogP) is 4.68. The van der Waals surface area contributed by atoms with Gasteiger partial charge < -0.3 is 19.5 Å². The van der Waals surface area contributed by atoms with Gasteiger partial charge in [-0.1, -0.05) is 23.2 Å². The summed E-state index contributed by atoms with van der Waals surface area (Å²) in [5.41, 5.74) is 0.556. The number of ether oxygens (including phenoxy) is 3. The molecule has 142 valence electrons.